The first-order valence-electron chi connectivity index (χ1n) is 14.8. The Morgan fingerprint density at radius 2 is 1.76 bits per heavy atom. The van der Waals surface area contributed by atoms with E-state index < -0.39 is 27.3 Å². The molecular weight excluding hydrogens is 629 g/mol. The van der Waals surface area contributed by atoms with Crippen LogP contribution in [0, 0.1) is 5.92 Å². The van der Waals surface area contributed by atoms with Gasteiger partial charge < -0.3 is 30.3 Å². The summed E-state index contributed by atoms with van der Waals surface area (Å²) in [5.74, 6) is 0.0560. The lowest BCUT2D eigenvalue weighted by Gasteiger charge is -2.39. The van der Waals surface area contributed by atoms with Gasteiger partial charge >= 0.3 is 6.09 Å². The van der Waals surface area contributed by atoms with Crippen LogP contribution in [0.3, 0.4) is 0 Å². The van der Waals surface area contributed by atoms with Crippen molar-refractivity contribution < 1.29 is 32.3 Å². The van der Waals surface area contributed by atoms with E-state index in [-0.39, 0.29) is 50.5 Å². The number of hydrogen-bond donors (Lipinski definition) is 3. The van der Waals surface area contributed by atoms with Gasteiger partial charge in [-0.1, -0.05) is 36.0 Å². The van der Waals surface area contributed by atoms with Gasteiger partial charge in [-0.2, -0.15) is 0 Å². The van der Waals surface area contributed by atoms with E-state index in [4.69, 9.17) is 9.47 Å². The predicted octanol–water partition coefficient (Wildman–Crippen LogP) is 4.94. The van der Waals surface area contributed by atoms with Crippen molar-refractivity contribution in [2.24, 2.45) is 5.92 Å². The number of nitrogens with zero attached hydrogens (tertiary/aromatic N) is 1. The maximum absolute atomic E-state index is 13.2. The van der Waals surface area contributed by atoms with Crippen molar-refractivity contribution in [1.29, 1.82) is 0 Å². The quantitative estimate of drug-likeness (QED) is 0.321. The lowest BCUT2D eigenvalue weighted by Crippen LogP contribution is -2.53. The SMILES string of the molecule is CC(C)(C)OC(=O)N1CC(COc2ccc(C3NC=C(CNC(=O)c4ccc5c(c4)NC(=O)c4ccccc4S5(=O)=O)S3)cc2)C1. The van der Waals surface area contributed by atoms with Crippen molar-refractivity contribution in [3.8, 4) is 5.75 Å². The third-order valence-corrected chi connectivity index (χ3v) is 10.6. The molecule has 3 aliphatic heterocycles. The molecule has 0 aromatic heterocycles. The van der Waals surface area contributed by atoms with Crippen LogP contribution < -0.4 is 20.7 Å². The smallest absolute Gasteiger partial charge is 0.410 e. The van der Waals surface area contributed by atoms with Gasteiger partial charge in [-0.25, -0.2) is 13.2 Å². The average Bonchev–Trinajstić information content (AvgIpc) is 3.44. The second-order valence-corrected chi connectivity index (χ2v) is 15.4. The molecule has 240 valence electrons. The monoisotopic (exact) mass is 662 g/mol. The van der Waals surface area contributed by atoms with E-state index in [1.54, 1.807) is 28.8 Å². The Morgan fingerprint density at radius 1 is 1.02 bits per heavy atom. The van der Waals surface area contributed by atoms with Crippen LogP contribution in [0.5, 0.6) is 5.75 Å². The van der Waals surface area contributed by atoms with Gasteiger partial charge in [0.25, 0.3) is 11.8 Å². The number of anilines is 1. The molecule has 3 aliphatic rings. The Bertz CT molecular complexity index is 1830. The molecule has 0 bridgehead atoms. The molecule has 3 N–H and O–H groups in total. The Labute approximate surface area is 271 Å². The number of nitrogens with one attached hydrogen (secondary N) is 3. The van der Waals surface area contributed by atoms with E-state index in [0.717, 1.165) is 16.2 Å². The van der Waals surface area contributed by atoms with Gasteiger partial charge in [-0.15, -0.1) is 0 Å². The van der Waals surface area contributed by atoms with Crippen LogP contribution in [0.4, 0.5) is 10.5 Å². The molecule has 1 unspecified atom stereocenters. The van der Waals surface area contributed by atoms with Crippen LogP contribution >= 0.6 is 11.8 Å². The van der Waals surface area contributed by atoms with Crippen molar-refractivity contribution in [3.63, 3.8) is 0 Å². The fraction of sp³-hybridized carbons (Fsp3) is 0.303. The number of hydrogen-bond acceptors (Lipinski definition) is 9. The first kappa shape index (κ1) is 31.5. The summed E-state index contributed by atoms with van der Waals surface area (Å²) >= 11 is 1.57. The zero-order valence-corrected chi connectivity index (χ0v) is 27.2. The summed E-state index contributed by atoms with van der Waals surface area (Å²) in [7, 11) is -3.95. The summed E-state index contributed by atoms with van der Waals surface area (Å²) in [4.78, 5) is 40.3. The Hall–Kier alpha value is -4.49. The normalized spacial score (nSPS) is 18.5. The third kappa shape index (κ3) is 6.70. The van der Waals surface area contributed by atoms with E-state index in [1.165, 1.54) is 30.3 Å². The number of benzene rings is 3. The summed E-state index contributed by atoms with van der Waals surface area (Å²) in [6.07, 6.45) is 1.56. The number of carbonyl (C=O) groups excluding carboxylic acids is 3. The minimum absolute atomic E-state index is 0.0375. The van der Waals surface area contributed by atoms with Gasteiger partial charge in [-0.05, 0) is 68.8 Å². The summed E-state index contributed by atoms with van der Waals surface area (Å²) < 4.78 is 37.8. The van der Waals surface area contributed by atoms with Crippen molar-refractivity contribution in [1.82, 2.24) is 15.5 Å². The number of ether oxygens (including phenoxy) is 2. The third-order valence-electron chi connectivity index (χ3n) is 7.57. The summed E-state index contributed by atoms with van der Waals surface area (Å²) in [5.41, 5.74) is 0.875. The molecule has 1 atom stereocenters. The van der Waals surface area contributed by atoms with Gasteiger partial charge in [0.2, 0.25) is 9.84 Å². The standard InChI is InChI=1S/C33H34N4O7S2/c1-33(2,3)44-32(40)37-17-20(18-37)19-43-23-11-8-21(9-12-23)31-35-16-24(45-31)15-34-29(38)22-10-13-28-26(14-22)36-30(39)25-6-4-5-7-27(25)46(28,41)42/h4-14,16,20,31,35H,15,17-19H2,1-3H3,(H,34,38)(H,36,39). The number of amides is 3. The molecule has 3 heterocycles. The molecule has 0 aliphatic carbocycles. The highest BCUT2D eigenvalue weighted by Gasteiger charge is 2.34. The largest absolute Gasteiger partial charge is 0.493 e. The Morgan fingerprint density at radius 3 is 2.50 bits per heavy atom. The molecular formula is C33H34N4O7S2. The van der Waals surface area contributed by atoms with Crippen LogP contribution in [0.2, 0.25) is 0 Å². The van der Waals surface area contributed by atoms with E-state index in [1.807, 2.05) is 51.2 Å². The zero-order valence-electron chi connectivity index (χ0n) is 25.5. The molecule has 1 fully saturated rings. The van der Waals surface area contributed by atoms with Crippen LogP contribution in [-0.4, -0.2) is 63.1 Å². The molecule has 1 saturated heterocycles. The zero-order chi connectivity index (χ0) is 32.6. The van der Waals surface area contributed by atoms with Gasteiger partial charge in [0, 0.05) is 35.7 Å². The average molecular weight is 663 g/mol. The minimum atomic E-state index is -3.95. The number of likely N-dealkylation sites (tertiary alicyclic amines) is 1. The maximum atomic E-state index is 13.2. The second kappa shape index (κ2) is 12.4. The first-order valence-corrected chi connectivity index (χ1v) is 17.1. The van der Waals surface area contributed by atoms with Crippen molar-refractivity contribution in [3.05, 3.63) is 94.5 Å². The Balaban J connectivity index is 0.978. The van der Waals surface area contributed by atoms with Gasteiger partial charge in [0.05, 0.1) is 34.2 Å². The van der Waals surface area contributed by atoms with Gasteiger partial charge in [-0.3, -0.25) is 9.59 Å². The van der Waals surface area contributed by atoms with Gasteiger partial charge in [0.1, 0.15) is 16.7 Å². The lowest BCUT2D eigenvalue weighted by molar-refractivity contribution is -0.00783. The Kier molecular flexibility index (Phi) is 8.47. The van der Waals surface area contributed by atoms with Crippen molar-refractivity contribution in [2.45, 2.75) is 41.5 Å². The second-order valence-electron chi connectivity index (χ2n) is 12.3. The highest BCUT2D eigenvalue weighted by Crippen LogP contribution is 2.38. The molecule has 3 aromatic rings. The summed E-state index contributed by atoms with van der Waals surface area (Å²) in [5, 5.41) is 8.79. The fourth-order valence-corrected chi connectivity index (χ4v) is 7.83. The molecule has 46 heavy (non-hydrogen) atoms. The van der Waals surface area contributed by atoms with Crippen LogP contribution in [-0.2, 0) is 14.6 Å². The highest BCUT2D eigenvalue weighted by atomic mass is 32.2. The number of fused-ring (bicyclic) bond motifs is 2. The molecule has 6 rings (SSSR count). The first-order chi connectivity index (χ1) is 21.9. The van der Waals surface area contributed by atoms with Crippen LogP contribution in [0.25, 0.3) is 0 Å². The maximum Gasteiger partial charge on any atom is 0.410 e. The minimum Gasteiger partial charge on any atom is -0.493 e. The topological polar surface area (TPSA) is 143 Å². The summed E-state index contributed by atoms with van der Waals surface area (Å²) in [6, 6.07) is 18.0. The molecule has 3 amide bonds. The number of thioether (sulfide) groups is 1. The highest BCUT2D eigenvalue weighted by molar-refractivity contribution is 8.03. The van der Waals surface area contributed by atoms with E-state index >= 15 is 0 Å². The molecule has 3 aromatic carbocycles. The number of sulfone groups is 1. The van der Waals surface area contributed by atoms with E-state index in [9.17, 15) is 22.8 Å². The number of rotatable bonds is 7. The molecule has 11 nitrogen and oxygen atoms in total. The molecule has 0 spiro atoms. The number of carbonyl (C=O) groups is 3. The summed E-state index contributed by atoms with van der Waals surface area (Å²) in [6.45, 7) is 7.55. The van der Waals surface area contributed by atoms with Crippen molar-refractivity contribution in [2.75, 3.05) is 31.6 Å². The predicted molar refractivity (Wildman–Crippen MR) is 173 cm³/mol. The van der Waals surface area contributed by atoms with E-state index in [2.05, 4.69) is 16.0 Å². The lowest BCUT2D eigenvalue weighted by atomic mass is 10.0. The molecule has 0 saturated carbocycles. The fourth-order valence-electron chi connectivity index (χ4n) is 5.22. The van der Waals surface area contributed by atoms with Gasteiger partial charge in [0.15, 0.2) is 0 Å². The molecule has 0 radical (unpaired) electrons. The van der Waals surface area contributed by atoms with Crippen LogP contribution in [0.15, 0.2) is 87.6 Å². The van der Waals surface area contributed by atoms with E-state index in [0.29, 0.717) is 19.7 Å². The molecule has 13 heteroatoms. The van der Waals surface area contributed by atoms with Crippen LogP contribution in [0.1, 0.15) is 52.4 Å². The van der Waals surface area contributed by atoms with Crippen molar-refractivity contribution >= 4 is 45.2 Å².